The molecule has 0 bridgehead atoms. The van der Waals surface area contributed by atoms with Crippen molar-refractivity contribution in [3.8, 4) is 0 Å². The Hall–Kier alpha value is -0.870. The Labute approximate surface area is 113 Å². The van der Waals surface area contributed by atoms with Gasteiger partial charge in [-0.15, -0.1) is 11.3 Å². The predicted molar refractivity (Wildman–Crippen MR) is 75.6 cm³/mol. The third-order valence-electron chi connectivity index (χ3n) is 3.41. The summed E-state index contributed by atoms with van der Waals surface area (Å²) in [6.45, 7) is 7.11. The van der Waals surface area contributed by atoms with Gasteiger partial charge in [0.1, 0.15) is 6.17 Å². The van der Waals surface area contributed by atoms with Crippen LogP contribution >= 0.6 is 11.3 Å². The number of hydrogen-bond acceptors (Lipinski definition) is 3. The van der Waals surface area contributed by atoms with Gasteiger partial charge in [-0.05, 0) is 32.4 Å². The molecule has 1 aliphatic heterocycles. The maximum Gasteiger partial charge on any atom is 0.241 e. The fourth-order valence-electron chi connectivity index (χ4n) is 2.38. The highest BCUT2D eigenvalue weighted by atomic mass is 32.1. The molecule has 1 amide bonds. The van der Waals surface area contributed by atoms with Crippen LogP contribution in [0.25, 0.3) is 0 Å². The number of carbonyl (C=O) groups excluding carboxylic acids is 1. The fraction of sp³-hybridized carbons (Fsp3) is 0.643. The predicted octanol–water partition coefficient (Wildman–Crippen LogP) is 3.07. The molecule has 1 aromatic heterocycles. The van der Waals surface area contributed by atoms with E-state index in [4.69, 9.17) is 0 Å². The number of hydrogen-bond donors (Lipinski definition) is 1. The van der Waals surface area contributed by atoms with Crippen molar-refractivity contribution in [2.75, 3.05) is 6.54 Å². The first-order chi connectivity index (χ1) is 8.63. The molecule has 2 rings (SSSR count). The quantitative estimate of drug-likeness (QED) is 0.831. The molecule has 1 saturated heterocycles. The lowest BCUT2D eigenvalue weighted by atomic mass is 10.2. The van der Waals surface area contributed by atoms with Crippen molar-refractivity contribution in [3.05, 3.63) is 21.9 Å². The van der Waals surface area contributed by atoms with E-state index in [1.165, 1.54) is 22.6 Å². The summed E-state index contributed by atoms with van der Waals surface area (Å²) in [6, 6.07) is 4.20. The molecule has 1 fully saturated rings. The first-order valence-corrected chi connectivity index (χ1v) is 7.58. The average Bonchev–Trinajstić information content (AvgIpc) is 2.88. The van der Waals surface area contributed by atoms with Gasteiger partial charge >= 0.3 is 0 Å². The van der Waals surface area contributed by atoms with Crippen LogP contribution in [-0.2, 0) is 4.79 Å². The van der Waals surface area contributed by atoms with E-state index in [9.17, 15) is 4.79 Å². The second-order valence-corrected chi connectivity index (χ2v) is 6.30. The fourth-order valence-corrected chi connectivity index (χ4v) is 3.33. The molecule has 0 aromatic carbocycles. The van der Waals surface area contributed by atoms with Gasteiger partial charge < -0.3 is 4.90 Å². The van der Waals surface area contributed by atoms with E-state index in [0.29, 0.717) is 0 Å². The van der Waals surface area contributed by atoms with Gasteiger partial charge in [0.15, 0.2) is 0 Å². The van der Waals surface area contributed by atoms with Crippen LogP contribution in [0, 0.1) is 6.92 Å². The van der Waals surface area contributed by atoms with Crippen molar-refractivity contribution in [1.82, 2.24) is 10.2 Å². The number of nitrogens with zero attached hydrogens (tertiary/aromatic N) is 1. The number of unbranched alkanes of at least 4 members (excludes halogenated alkanes) is 2. The number of rotatable bonds is 5. The zero-order valence-corrected chi connectivity index (χ0v) is 12.2. The molecule has 2 unspecified atom stereocenters. The lowest BCUT2D eigenvalue weighted by molar-refractivity contribution is -0.129. The molecule has 100 valence electrons. The highest BCUT2D eigenvalue weighted by Gasteiger charge is 2.37. The van der Waals surface area contributed by atoms with Crippen LogP contribution in [0.3, 0.4) is 0 Å². The monoisotopic (exact) mass is 266 g/mol. The minimum Gasteiger partial charge on any atom is -0.321 e. The Kier molecular flexibility index (Phi) is 4.40. The van der Waals surface area contributed by atoms with Crippen LogP contribution < -0.4 is 5.32 Å². The molecule has 0 aliphatic carbocycles. The summed E-state index contributed by atoms with van der Waals surface area (Å²) in [4.78, 5) is 16.7. The summed E-state index contributed by atoms with van der Waals surface area (Å²) < 4.78 is 0. The first kappa shape index (κ1) is 13.6. The summed E-state index contributed by atoms with van der Waals surface area (Å²) in [7, 11) is 0. The molecule has 0 spiro atoms. The SMILES string of the molecule is CCCCCN1C(=O)C(C)NC1c1ccc(C)s1. The van der Waals surface area contributed by atoms with Gasteiger partial charge in [0.2, 0.25) is 5.91 Å². The van der Waals surface area contributed by atoms with Gasteiger partial charge in [-0.3, -0.25) is 10.1 Å². The lowest BCUT2D eigenvalue weighted by Crippen LogP contribution is -2.31. The van der Waals surface area contributed by atoms with Gasteiger partial charge in [-0.1, -0.05) is 19.8 Å². The first-order valence-electron chi connectivity index (χ1n) is 6.76. The molecule has 1 aliphatic rings. The normalized spacial score (nSPS) is 23.9. The molecule has 3 nitrogen and oxygen atoms in total. The highest BCUT2D eigenvalue weighted by Crippen LogP contribution is 2.30. The van der Waals surface area contributed by atoms with Crippen molar-refractivity contribution in [2.45, 2.75) is 52.2 Å². The van der Waals surface area contributed by atoms with E-state index in [-0.39, 0.29) is 18.1 Å². The topological polar surface area (TPSA) is 32.3 Å². The van der Waals surface area contributed by atoms with Crippen LogP contribution in [0.15, 0.2) is 12.1 Å². The van der Waals surface area contributed by atoms with Gasteiger partial charge in [0.25, 0.3) is 0 Å². The van der Waals surface area contributed by atoms with E-state index >= 15 is 0 Å². The summed E-state index contributed by atoms with van der Waals surface area (Å²) in [5, 5.41) is 3.40. The zero-order chi connectivity index (χ0) is 13.1. The van der Waals surface area contributed by atoms with E-state index < -0.39 is 0 Å². The van der Waals surface area contributed by atoms with E-state index in [0.717, 1.165) is 13.0 Å². The lowest BCUT2D eigenvalue weighted by Gasteiger charge is -2.23. The van der Waals surface area contributed by atoms with Crippen molar-refractivity contribution in [3.63, 3.8) is 0 Å². The second kappa shape index (κ2) is 5.85. The summed E-state index contributed by atoms with van der Waals surface area (Å²) in [6.07, 6.45) is 3.56. The highest BCUT2D eigenvalue weighted by molar-refractivity contribution is 7.12. The molecule has 0 radical (unpaired) electrons. The van der Waals surface area contributed by atoms with E-state index in [2.05, 4.69) is 31.3 Å². The molecule has 0 saturated carbocycles. The smallest absolute Gasteiger partial charge is 0.241 e. The average molecular weight is 266 g/mol. The third-order valence-corrected chi connectivity index (χ3v) is 4.46. The summed E-state index contributed by atoms with van der Waals surface area (Å²) in [5.74, 6) is 0.238. The number of nitrogens with one attached hydrogen (secondary N) is 1. The van der Waals surface area contributed by atoms with Crippen molar-refractivity contribution >= 4 is 17.2 Å². The van der Waals surface area contributed by atoms with Crippen LogP contribution in [-0.4, -0.2) is 23.4 Å². The molecule has 18 heavy (non-hydrogen) atoms. The number of thiophene rings is 1. The van der Waals surface area contributed by atoms with Gasteiger partial charge in [0, 0.05) is 16.3 Å². The molecule has 4 heteroatoms. The van der Waals surface area contributed by atoms with Crippen molar-refractivity contribution in [2.24, 2.45) is 0 Å². The molecular weight excluding hydrogens is 244 g/mol. The molecule has 1 aromatic rings. The molecule has 2 heterocycles. The van der Waals surface area contributed by atoms with Crippen LogP contribution in [0.4, 0.5) is 0 Å². The Bertz CT molecular complexity index is 416. The Morgan fingerprint density at radius 1 is 1.39 bits per heavy atom. The summed E-state index contributed by atoms with van der Waals surface area (Å²) >= 11 is 1.78. The molecule has 2 atom stereocenters. The Balaban J connectivity index is 2.09. The molecule has 1 N–H and O–H groups in total. The molecular formula is C14H22N2OS. The van der Waals surface area contributed by atoms with Gasteiger partial charge in [-0.25, -0.2) is 0 Å². The second-order valence-electron chi connectivity index (χ2n) is 4.98. The van der Waals surface area contributed by atoms with Gasteiger partial charge in [0.05, 0.1) is 6.04 Å². The van der Waals surface area contributed by atoms with Crippen LogP contribution in [0.1, 0.15) is 49.0 Å². The minimum atomic E-state index is -0.0565. The van der Waals surface area contributed by atoms with E-state index in [1.807, 2.05) is 11.8 Å². The third kappa shape index (κ3) is 2.75. The standard InChI is InChI=1S/C14H22N2OS/c1-4-5-6-9-16-13(15-11(3)14(16)17)12-8-7-10(2)18-12/h7-8,11,13,15H,4-6,9H2,1-3H3. The maximum absolute atomic E-state index is 12.2. The Morgan fingerprint density at radius 2 is 2.17 bits per heavy atom. The van der Waals surface area contributed by atoms with Crippen LogP contribution in [0.2, 0.25) is 0 Å². The Morgan fingerprint density at radius 3 is 2.78 bits per heavy atom. The summed E-state index contributed by atoms with van der Waals surface area (Å²) in [5.41, 5.74) is 0. The number of carbonyl (C=O) groups is 1. The minimum absolute atomic E-state index is 0.0565. The zero-order valence-electron chi connectivity index (χ0n) is 11.4. The van der Waals surface area contributed by atoms with Crippen LogP contribution in [0.5, 0.6) is 0 Å². The number of aryl methyl sites for hydroxylation is 1. The number of amides is 1. The van der Waals surface area contributed by atoms with E-state index in [1.54, 1.807) is 11.3 Å². The largest absolute Gasteiger partial charge is 0.321 e. The van der Waals surface area contributed by atoms with Crippen molar-refractivity contribution < 1.29 is 4.79 Å². The maximum atomic E-state index is 12.2. The van der Waals surface area contributed by atoms with Crippen molar-refractivity contribution in [1.29, 1.82) is 0 Å². The van der Waals surface area contributed by atoms with Gasteiger partial charge in [-0.2, -0.15) is 0 Å².